The summed E-state index contributed by atoms with van der Waals surface area (Å²) >= 11 is 0. The molecule has 2 aliphatic rings. The molecular formula is C16H26N4O2. The first-order valence-corrected chi connectivity index (χ1v) is 8.38. The van der Waals surface area contributed by atoms with Crippen molar-refractivity contribution in [3.63, 3.8) is 0 Å². The van der Waals surface area contributed by atoms with Crippen LogP contribution in [0.15, 0.2) is 0 Å². The number of nitrogens with zero attached hydrogens (tertiary/aromatic N) is 3. The Morgan fingerprint density at radius 1 is 1.36 bits per heavy atom. The van der Waals surface area contributed by atoms with Gasteiger partial charge in [-0.15, -0.1) is 0 Å². The Hall–Kier alpha value is -1.40. The Labute approximate surface area is 131 Å². The Kier molecular flexibility index (Phi) is 4.78. The minimum Gasteiger partial charge on any atom is -0.393 e. The topological polar surface area (TPSA) is 70.4 Å². The molecule has 1 unspecified atom stereocenters. The van der Waals surface area contributed by atoms with Crippen molar-refractivity contribution < 1.29 is 9.90 Å². The minimum absolute atomic E-state index is 0.108. The second kappa shape index (κ2) is 6.79. The fourth-order valence-electron chi connectivity index (χ4n) is 3.55. The largest absolute Gasteiger partial charge is 0.393 e. The molecule has 2 heterocycles. The Balaban J connectivity index is 1.58. The summed E-state index contributed by atoms with van der Waals surface area (Å²) in [5.41, 5.74) is 2.51. The number of likely N-dealkylation sites (tertiary alicyclic amines) is 1. The van der Waals surface area contributed by atoms with Crippen molar-refractivity contribution in [3.05, 3.63) is 17.0 Å². The summed E-state index contributed by atoms with van der Waals surface area (Å²) < 4.78 is 1.79. The number of fused-ring (bicyclic) bond motifs is 1. The number of aromatic nitrogens is 2. The highest BCUT2D eigenvalue weighted by Gasteiger charge is 2.27. The van der Waals surface area contributed by atoms with Gasteiger partial charge in [-0.3, -0.25) is 9.48 Å². The van der Waals surface area contributed by atoms with E-state index in [1.807, 2.05) is 7.05 Å². The number of aliphatic hydroxyl groups excluding tert-OH is 1. The monoisotopic (exact) mass is 306 g/mol. The summed E-state index contributed by atoms with van der Waals surface area (Å²) in [6, 6.07) is 0. The van der Waals surface area contributed by atoms with Crippen molar-refractivity contribution in [2.75, 3.05) is 26.2 Å². The Morgan fingerprint density at radius 3 is 2.91 bits per heavy atom. The van der Waals surface area contributed by atoms with E-state index in [2.05, 4.69) is 15.3 Å². The van der Waals surface area contributed by atoms with Gasteiger partial charge in [0, 0.05) is 37.8 Å². The molecule has 3 rings (SSSR count). The number of aliphatic hydroxyl groups is 1. The molecule has 122 valence electrons. The molecular weight excluding hydrogens is 280 g/mol. The fraction of sp³-hybridized carbons (Fsp3) is 0.750. The van der Waals surface area contributed by atoms with E-state index in [-0.39, 0.29) is 12.0 Å². The lowest BCUT2D eigenvalue weighted by Crippen LogP contribution is -2.38. The van der Waals surface area contributed by atoms with Crippen LogP contribution in [0.3, 0.4) is 0 Å². The molecule has 1 amide bonds. The first-order valence-electron chi connectivity index (χ1n) is 8.38. The van der Waals surface area contributed by atoms with Gasteiger partial charge in [-0.1, -0.05) is 6.42 Å². The zero-order valence-corrected chi connectivity index (χ0v) is 13.3. The van der Waals surface area contributed by atoms with E-state index >= 15 is 0 Å². The van der Waals surface area contributed by atoms with Gasteiger partial charge in [-0.2, -0.15) is 5.10 Å². The molecule has 1 aromatic heterocycles. The van der Waals surface area contributed by atoms with Crippen molar-refractivity contribution in [1.29, 1.82) is 0 Å². The van der Waals surface area contributed by atoms with Crippen LogP contribution in [-0.2, 0) is 19.9 Å². The molecule has 1 aromatic rings. The highest BCUT2D eigenvalue weighted by molar-refractivity contribution is 5.94. The van der Waals surface area contributed by atoms with Crippen molar-refractivity contribution in [2.24, 2.45) is 7.05 Å². The number of aryl methyl sites for hydroxylation is 1. The second-order valence-electron chi connectivity index (χ2n) is 6.45. The molecule has 0 radical (unpaired) electrons. The lowest BCUT2D eigenvalue weighted by Gasteiger charge is -2.26. The molecule has 1 fully saturated rings. The third kappa shape index (κ3) is 3.33. The van der Waals surface area contributed by atoms with E-state index < -0.39 is 0 Å². The highest BCUT2D eigenvalue weighted by atomic mass is 16.3. The van der Waals surface area contributed by atoms with Crippen LogP contribution in [0.4, 0.5) is 0 Å². The zero-order valence-electron chi connectivity index (χ0n) is 13.3. The molecule has 6 heteroatoms. The third-order valence-electron chi connectivity index (χ3n) is 4.81. The van der Waals surface area contributed by atoms with Gasteiger partial charge >= 0.3 is 0 Å². The SMILES string of the molecule is Cn1nc(C(=O)NCCN2CCCCC2)c2c1CCC(O)C2. The van der Waals surface area contributed by atoms with Gasteiger partial charge in [-0.25, -0.2) is 0 Å². The normalized spacial score (nSPS) is 22.4. The second-order valence-corrected chi connectivity index (χ2v) is 6.45. The average Bonchev–Trinajstić information content (AvgIpc) is 2.85. The van der Waals surface area contributed by atoms with Crippen molar-refractivity contribution in [3.8, 4) is 0 Å². The molecule has 1 aliphatic heterocycles. The maximum atomic E-state index is 12.4. The predicted molar refractivity (Wildman–Crippen MR) is 83.9 cm³/mol. The van der Waals surface area contributed by atoms with Gasteiger partial charge in [0.1, 0.15) is 0 Å². The van der Waals surface area contributed by atoms with Gasteiger partial charge in [0.15, 0.2) is 5.69 Å². The van der Waals surface area contributed by atoms with Crippen LogP contribution >= 0.6 is 0 Å². The van der Waals surface area contributed by atoms with Crippen molar-refractivity contribution >= 4 is 5.91 Å². The maximum Gasteiger partial charge on any atom is 0.272 e. The smallest absolute Gasteiger partial charge is 0.272 e. The van der Waals surface area contributed by atoms with E-state index in [0.29, 0.717) is 18.7 Å². The van der Waals surface area contributed by atoms with Gasteiger partial charge in [0.2, 0.25) is 0 Å². The molecule has 22 heavy (non-hydrogen) atoms. The van der Waals surface area contributed by atoms with Crippen LogP contribution in [0, 0.1) is 0 Å². The van der Waals surface area contributed by atoms with E-state index in [1.165, 1.54) is 19.3 Å². The quantitative estimate of drug-likeness (QED) is 0.849. The third-order valence-corrected chi connectivity index (χ3v) is 4.81. The molecule has 6 nitrogen and oxygen atoms in total. The van der Waals surface area contributed by atoms with Crippen molar-refractivity contribution in [1.82, 2.24) is 20.0 Å². The summed E-state index contributed by atoms with van der Waals surface area (Å²) in [7, 11) is 1.88. The molecule has 1 aliphatic carbocycles. The summed E-state index contributed by atoms with van der Waals surface area (Å²) in [6.45, 7) is 3.85. The Bertz CT molecular complexity index is 534. The van der Waals surface area contributed by atoms with Crippen LogP contribution in [0.5, 0.6) is 0 Å². The van der Waals surface area contributed by atoms with Gasteiger partial charge in [0.05, 0.1) is 6.10 Å². The summed E-state index contributed by atoms with van der Waals surface area (Å²) in [6.07, 6.45) is 5.59. The molecule has 0 spiro atoms. The molecule has 1 atom stereocenters. The van der Waals surface area contributed by atoms with Crippen LogP contribution < -0.4 is 5.32 Å². The number of nitrogens with one attached hydrogen (secondary N) is 1. The van der Waals surface area contributed by atoms with Gasteiger partial charge in [-0.05, 0) is 38.8 Å². The summed E-state index contributed by atoms with van der Waals surface area (Å²) in [5, 5.41) is 17.2. The van der Waals surface area contributed by atoms with E-state index in [0.717, 1.165) is 43.7 Å². The van der Waals surface area contributed by atoms with Gasteiger partial charge < -0.3 is 15.3 Å². The summed E-state index contributed by atoms with van der Waals surface area (Å²) in [5.74, 6) is -0.108. The van der Waals surface area contributed by atoms with Crippen molar-refractivity contribution in [2.45, 2.75) is 44.6 Å². The minimum atomic E-state index is -0.350. The number of hydrogen-bond acceptors (Lipinski definition) is 4. The number of rotatable bonds is 4. The predicted octanol–water partition coefficient (Wildman–Crippen LogP) is 0.485. The van der Waals surface area contributed by atoms with Crippen LogP contribution in [0.25, 0.3) is 0 Å². The standard InChI is InChI=1S/C16H26N4O2/c1-19-14-6-5-12(21)11-13(14)15(18-19)16(22)17-7-10-20-8-3-2-4-9-20/h12,21H,2-11H2,1H3,(H,17,22). The molecule has 0 aromatic carbocycles. The molecule has 0 bridgehead atoms. The van der Waals surface area contributed by atoms with Crippen LogP contribution in [0.1, 0.15) is 47.4 Å². The summed E-state index contributed by atoms with van der Waals surface area (Å²) in [4.78, 5) is 14.8. The number of hydrogen-bond donors (Lipinski definition) is 2. The number of piperidine rings is 1. The lowest BCUT2D eigenvalue weighted by atomic mass is 9.93. The first-order chi connectivity index (χ1) is 10.6. The molecule has 1 saturated heterocycles. The van der Waals surface area contributed by atoms with E-state index in [4.69, 9.17) is 0 Å². The number of carbonyl (C=O) groups excluding carboxylic acids is 1. The van der Waals surface area contributed by atoms with Gasteiger partial charge in [0.25, 0.3) is 5.91 Å². The fourth-order valence-corrected chi connectivity index (χ4v) is 3.55. The first kappa shape index (κ1) is 15.5. The molecule has 0 saturated carbocycles. The van der Waals surface area contributed by atoms with E-state index in [1.54, 1.807) is 4.68 Å². The number of carbonyl (C=O) groups is 1. The zero-order chi connectivity index (χ0) is 15.5. The average molecular weight is 306 g/mol. The maximum absolute atomic E-state index is 12.4. The van der Waals surface area contributed by atoms with E-state index in [9.17, 15) is 9.90 Å². The Morgan fingerprint density at radius 2 is 2.14 bits per heavy atom. The highest BCUT2D eigenvalue weighted by Crippen LogP contribution is 2.24. The lowest BCUT2D eigenvalue weighted by molar-refractivity contribution is 0.0938. The molecule has 2 N–H and O–H groups in total. The number of amides is 1. The van der Waals surface area contributed by atoms with Crippen LogP contribution in [-0.4, -0.2) is 58.0 Å². The van der Waals surface area contributed by atoms with Crippen LogP contribution in [0.2, 0.25) is 0 Å².